The van der Waals surface area contributed by atoms with Crippen molar-refractivity contribution in [2.75, 3.05) is 0 Å². The molecule has 0 saturated heterocycles. The molecule has 3 rings (SSSR count). The van der Waals surface area contributed by atoms with E-state index in [1.807, 2.05) is 12.1 Å². The van der Waals surface area contributed by atoms with E-state index in [0.717, 1.165) is 35.0 Å². The van der Waals surface area contributed by atoms with Gasteiger partial charge in [-0.25, -0.2) is 0 Å². The molecule has 0 spiro atoms. The van der Waals surface area contributed by atoms with E-state index in [1.54, 1.807) is 0 Å². The summed E-state index contributed by atoms with van der Waals surface area (Å²) in [5, 5.41) is 8.36. The van der Waals surface area contributed by atoms with Gasteiger partial charge >= 0.3 is 0 Å². The van der Waals surface area contributed by atoms with Crippen molar-refractivity contribution >= 4 is 15.9 Å². The number of nitrogens with zero attached hydrogens (tertiary/aromatic N) is 3. The molecule has 0 N–H and O–H groups in total. The Morgan fingerprint density at radius 3 is 3.00 bits per heavy atom. The molecule has 3 heterocycles. The van der Waals surface area contributed by atoms with Crippen molar-refractivity contribution in [2.45, 2.75) is 25.8 Å². The van der Waals surface area contributed by atoms with E-state index in [4.69, 9.17) is 4.42 Å². The summed E-state index contributed by atoms with van der Waals surface area (Å²) in [6, 6.07) is 3.79. The number of furan rings is 1. The summed E-state index contributed by atoms with van der Waals surface area (Å²) in [4.78, 5) is 0. The fraction of sp³-hybridized carbons (Fsp3) is 0.400. The molecule has 78 valence electrons. The summed E-state index contributed by atoms with van der Waals surface area (Å²) < 4.78 is 8.36. The van der Waals surface area contributed by atoms with Crippen molar-refractivity contribution in [2.24, 2.45) is 0 Å². The van der Waals surface area contributed by atoms with Crippen LogP contribution in [0.15, 0.2) is 21.2 Å². The zero-order chi connectivity index (χ0) is 10.3. The zero-order valence-electron chi connectivity index (χ0n) is 8.11. The average Bonchev–Trinajstić information content (AvgIpc) is 2.83. The normalized spacial score (nSPS) is 15.3. The molecule has 0 saturated carbocycles. The first kappa shape index (κ1) is 9.15. The van der Waals surface area contributed by atoms with Crippen molar-refractivity contribution < 1.29 is 4.42 Å². The van der Waals surface area contributed by atoms with Crippen LogP contribution in [0.4, 0.5) is 0 Å². The van der Waals surface area contributed by atoms with Gasteiger partial charge in [0.25, 0.3) is 0 Å². The van der Waals surface area contributed by atoms with Gasteiger partial charge in [-0.1, -0.05) is 0 Å². The van der Waals surface area contributed by atoms with Gasteiger partial charge in [0, 0.05) is 13.0 Å². The third-order valence-corrected chi connectivity index (χ3v) is 3.08. The van der Waals surface area contributed by atoms with Crippen LogP contribution in [0.1, 0.15) is 18.7 Å². The highest BCUT2D eigenvalue weighted by Crippen LogP contribution is 2.26. The van der Waals surface area contributed by atoms with Gasteiger partial charge in [-0.3, -0.25) is 0 Å². The van der Waals surface area contributed by atoms with E-state index in [1.165, 1.54) is 12.8 Å². The Hall–Kier alpha value is -1.10. The van der Waals surface area contributed by atoms with Gasteiger partial charge in [-0.2, -0.15) is 0 Å². The third kappa shape index (κ3) is 1.51. The molecule has 1 aliphatic heterocycles. The Bertz CT molecular complexity index is 489. The van der Waals surface area contributed by atoms with E-state index in [2.05, 4.69) is 30.7 Å². The molecule has 1 aliphatic rings. The van der Waals surface area contributed by atoms with Gasteiger partial charge < -0.3 is 8.98 Å². The van der Waals surface area contributed by atoms with Gasteiger partial charge in [-0.05, 0) is 40.9 Å². The fourth-order valence-corrected chi connectivity index (χ4v) is 2.23. The highest BCUT2D eigenvalue weighted by molar-refractivity contribution is 9.10. The molecule has 4 nitrogen and oxygen atoms in total. The highest BCUT2D eigenvalue weighted by atomic mass is 79.9. The minimum absolute atomic E-state index is 0.727. The van der Waals surface area contributed by atoms with Crippen molar-refractivity contribution in [3.8, 4) is 11.6 Å². The number of rotatable bonds is 1. The van der Waals surface area contributed by atoms with E-state index in [0.29, 0.717) is 0 Å². The molecule has 15 heavy (non-hydrogen) atoms. The number of halogens is 1. The summed E-state index contributed by atoms with van der Waals surface area (Å²) in [5.41, 5.74) is 0. The topological polar surface area (TPSA) is 43.9 Å². The van der Waals surface area contributed by atoms with Crippen LogP contribution in [0, 0.1) is 0 Å². The SMILES string of the molecule is Brc1ccc(-c2nnc3n2CCCC3)o1. The first-order valence-corrected chi connectivity index (χ1v) is 5.82. The highest BCUT2D eigenvalue weighted by Gasteiger charge is 2.18. The van der Waals surface area contributed by atoms with E-state index in [-0.39, 0.29) is 0 Å². The predicted molar refractivity (Wildman–Crippen MR) is 58.4 cm³/mol. The monoisotopic (exact) mass is 267 g/mol. The van der Waals surface area contributed by atoms with Crippen LogP contribution >= 0.6 is 15.9 Å². The summed E-state index contributed by atoms with van der Waals surface area (Å²) >= 11 is 3.29. The number of fused-ring (bicyclic) bond motifs is 1. The smallest absolute Gasteiger partial charge is 0.199 e. The molecule has 2 aromatic rings. The summed E-state index contributed by atoms with van der Waals surface area (Å²) in [6.45, 7) is 0.996. The molecule has 0 fully saturated rings. The molecule has 0 aliphatic carbocycles. The van der Waals surface area contributed by atoms with Crippen LogP contribution in [0.25, 0.3) is 11.6 Å². The lowest BCUT2D eigenvalue weighted by Crippen LogP contribution is -2.11. The molecule has 0 atom stereocenters. The second kappa shape index (κ2) is 3.48. The Morgan fingerprint density at radius 1 is 1.27 bits per heavy atom. The Labute approximate surface area is 95.4 Å². The lowest BCUT2D eigenvalue weighted by molar-refractivity contribution is 0.508. The van der Waals surface area contributed by atoms with Crippen LogP contribution in [0.3, 0.4) is 0 Å². The van der Waals surface area contributed by atoms with Gasteiger partial charge in [0.2, 0.25) is 0 Å². The maximum atomic E-state index is 5.49. The molecule has 0 aromatic carbocycles. The van der Waals surface area contributed by atoms with Crippen molar-refractivity contribution in [3.63, 3.8) is 0 Å². The molecule has 5 heteroatoms. The second-order valence-electron chi connectivity index (χ2n) is 3.65. The molecule has 0 bridgehead atoms. The van der Waals surface area contributed by atoms with E-state index in [9.17, 15) is 0 Å². The number of aryl methyl sites for hydroxylation is 1. The molecular formula is C10H10BrN3O. The minimum Gasteiger partial charge on any atom is -0.446 e. The van der Waals surface area contributed by atoms with Crippen LogP contribution in [-0.2, 0) is 13.0 Å². The lowest BCUT2D eigenvalue weighted by atomic mass is 10.1. The van der Waals surface area contributed by atoms with Gasteiger partial charge in [0.1, 0.15) is 5.82 Å². The maximum Gasteiger partial charge on any atom is 0.199 e. The molecule has 0 amide bonds. The fourth-order valence-electron chi connectivity index (χ4n) is 1.93. The third-order valence-electron chi connectivity index (χ3n) is 2.65. The van der Waals surface area contributed by atoms with E-state index >= 15 is 0 Å². The number of hydrogen-bond acceptors (Lipinski definition) is 3. The molecule has 2 aromatic heterocycles. The summed E-state index contributed by atoms with van der Waals surface area (Å²) in [5.74, 6) is 2.70. The Kier molecular flexibility index (Phi) is 2.12. The lowest BCUT2D eigenvalue weighted by Gasteiger charge is -2.13. The van der Waals surface area contributed by atoms with Crippen LogP contribution in [-0.4, -0.2) is 14.8 Å². The standard InChI is InChI=1S/C10H10BrN3O/c11-8-5-4-7(15-8)10-13-12-9-3-1-2-6-14(9)10/h4-5H,1-3,6H2. The largest absolute Gasteiger partial charge is 0.446 e. The first-order chi connectivity index (χ1) is 7.34. The van der Waals surface area contributed by atoms with Crippen LogP contribution in [0.2, 0.25) is 0 Å². The quantitative estimate of drug-likeness (QED) is 0.798. The van der Waals surface area contributed by atoms with Crippen LogP contribution in [0.5, 0.6) is 0 Å². The molecule has 0 unspecified atom stereocenters. The average molecular weight is 268 g/mol. The number of aromatic nitrogens is 3. The second-order valence-corrected chi connectivity index (χ2v) is 4.43. The molecule has 0 radical (unpaired) electrons. The minimum atomic E-state index is 0.727. The van der Waals surface area contributed by atoms with Gasteiger partial charge in [-0.15, -0.1) is 10.2 Å². The predicted octanol–water partition coefficient (Wildman–Crippen LogP) is 2.64. The molecular weight excluding hydrogens is 258 g/mol. The first-order valence-electron chi connectivity index (χ1n) is 5.02. The zero-order valence-corrected chi connectivity index (χ0v) is 9.70. The summed E-state index contributed by atoms with van der Waals surface area (Å²) in [6.07, 6.45) is 3.43. The van der Waals surface area contributed by atoms with Gasteiger partial charge in [0.15, 0.2) is 16.3 Å². The maximum absolute atomic E-state index is 5.49. The van der Waals surface area contributed by atoms with Crippen molar-refractivity contribution in [1.82, 2.24) is 14.8 Å². The van der Waals surface area contributed by atoms with Gasteiger partial charge in [0.05, 0.1) is 0 Å². The Morgan fingerprint density at radius 2 is 2.20 bits per heavy atom. The Balaban J connectivity index is 2.08. The van der Waals surface area contributed by atoms with Crippen molar-refractivity contribution in [1.29, 1.82) is 0 Å². The van der Waals surface area contributed by atoms with Crippen LogP contribution < -0.4 is 0 Å². The van der Waals surface area contributed by atoms with E-state index < -0.39 is 0 Å². The number of hydrogen-bond donors (Lipinski definition) is 0. The van der Waals surface area contributed by atoms with Crippen molar-refractivity contribution in [3.05, 3.63) is 22.6 Å². The summed E-state index contributed by atoms with van der Waals surface area (Å²) in [7, 11) is 0.